The van der Waals surface area contributed by atoms with Crippen LogP contribution in [0.5, 0.6) is 0 Å². The minimum Gasteiger partial charge on any atom is -0.476 e. The van der Waals surface area contributed by atoms with E-state index < -0.39 is 29.5 Å². The van der Waals surface area contributed by atoms with E-state index in [0.29, 0.717) is 0 Å². The van der Waals surface area contributed by atoms with Crippen LogP contribution < -0.4 is 0 Å². The van der Waals surface area contributed by atoms with Gasteiger partial charge in [0.15, 0.2) is 5.69 Å². The van der Waals surface area contributed by atoms with Crippen molar-refractivity contribution < 1.29 is 27.9 Å². The number of hydrogen-bond acceptors (Lipinski definition) is 4. The molecule has 1 aromatic heterocycles. The van der Waals surface area contributed by atoms with E-state index in [0.717, 1.165) is 15.8 Å². The lowest BCUT2D eigenvalue weighted by atomic mass is 9.88. The van der Waals surface area contributed by atoms with Gasteiger partial charge in [-0.05, 0) is 20.3 Å². The third kappa shape index (κ3) is 2.90. The van der Waals surface area contributed by atoms with E-state index in [1.807, 2.05) is 0 Å². The Labute approximate surface area is 123 Å². The number of aromatic nitrogens is 3. The number of rotatable bonds is 3. The molecule has 22 heavy (non-hydrogen) atoms. The molecule has 1 amide bonds. The zero-order valence-corrected chi connectivity index (χ0v) is 12.0. The van der Waals surface area contributed by atoms with Crippen LogP contribution in [-0.2, 0) is 11.3 Å². The predicted octanol–water partition coefficient (Wildman–Crippen LogP) is 1.17. The summed E-state index contributed by atoms with van der Waals surface area (Å²) in [6.07, 6.45) is -3.47. The van der Waals surface area contributed by atoms with E-state index in [1.165, 1.54) is 13.8 Å². The molecule has 1 saturated heterocycles. The molecular weight excluding hydrogens is 305 g/mol. The molecule has 1 fully saturated rings. The van der Waals surface area contributed by atoms with Crippen LogP contribution in [0.15, 0.2) is 6.20 Å². The summed E-state index contributed by atoms with van der Waals surface area (Å²) < 4.78 is 39.9. The molecule has 10 heteroatoms. The second-order valence-corrected chi connectivity index (χ2v) is 5.69. The number of amides is 1. The number of carbonyl (C=O) groups excluding carboxylic acids is 1. The van der Waals surface area contributed by atoms with Crippen LogP contribution in [-0.4, -0.2) is 55.1 Å². The van der Waals surface area contributed by atoms with Crippen molar-refractivity contribution in [2.24, 2.45) is 5.92 Å². The molecule has 1 unspecified atom stereocenters. The first kappa shape index (κ1) is 16.2. The maximum atomic E-state index is 13.0. The monoisotopic (exact) mass is 320 g/mol. The number of halogens is 3. The minimum absolute atomic E-state index is 0.00348. The number of likely N-dealkylation sites (tertiary alicyclic amines) is 1. The van der Waals surface area contributed by atoms with Gasteiger partial charge in [-0.3, -0.25) is 4.79 Å². The van der Waals surface area contributed by atoms with E-state index in [-0.39, 0.29) is 25.2 Å². The molecule has 7 nitrogen and oxygen atoms in total. The van der Waals surface area contributed by atoms with Crippen molar-refractivity contribution in [2.45, 2.75) is 38.5 Å². The van der Waals surface area contributed by atoms with Crippen molar-refractivity contribution in [3.63, 3.8) is 0 Å². The highest BCUT2D eigenvalue weighted by Crippen LogP contribution is 2.44. The van der Waals surface area contributed by atoms with Gasteiger partial charge >= 0.3 is 12.1 Å². The van der Waals surface area contributed by atoms with E-state index in [2.05, 4.69) is 10.3 Å². The fraction of sp³-hybridized carbons (Fsp3) is 0.667. The average Bonchev–Trinajstić information content (AvgIpc) is 2.91. The van der Waals surface area contributed by atoms with Gasteiger partial charge in [-0.15, -0.1) is 5.10 Å². The van der Waals surface area contributed by atoms with Gasteiger partial charge in [0.2, 0.25) is 5.91 Å². The van der Waals surface area contributed by atoms with Crippen LogP contribution in [0.2, 0.25) is 0 Å². The maximum absolute atomic E-state index is 13.0. The predicted molar refractivity (Wildman–Crippen MR) is 66.9 cm³/mol. The molecule has 0 aromatic carbocycles. The highest BCUT2D eigenvalue weighted by molar-refractivity contribution is 5.84. The molecule has 0 radical (unpaired) electrons. The van der Waals surface area contributed by atoms with Crippen molar-refractivity contribution >= 4 is 11.9 Å². The molecule has 1 atom stereocenters. The number of aromatic carboxylic acids is 1. The van der Waals surface area contributed by atoms with Crippen molar-refractivity contribution in [2.75, 3.05) is 6.54 Å². The van der Waals surface area contributed by atoms with Gasteiger partial charge in [0, 0.05) is 12.1 Å². The second-order valence-electron chi connectivity index (χ2n) is 5.69. The van der Waals surface area contributed by atoms with Crippen molar-refractivity contribution in [1.29, 1.82) is 0 Å². The Kier molecular flexibility index (Phi) is 3.88. The second kappa shape index (κ2) is 5.25. The van der Waals surface area contributed by atoms with Crippen molar-refractivity contribution in [1.82, 2.24) is 19.9 Å². The Morgan fingerprint density at radius 2 is 2.09 bits per heavy atom. The van der Waals surface area contributed by atoms with Gasteiger partial charge in [-0.1, -0.05) is 5.21 Å². The van der Waals surface area contributed by atoms with Gasteiger partial charge < -0.3 is 10.0 Å². The molecule has 1 aliphatic rings. The quantitative estimate of drug-likeness (QED) is 0.903. The zero-order valence-electron chi connectivity index (χ0n) is 12.0. The van der Waals surface area contributed by atoms with Crippen molar-refractivity contribution in [3.8, 4) is 0 Å². The Morgan fingerprint density at radius 1 is 1.45 bits per heavy atom. The summed E-state index contributed by atoms with van der Waals surface area (Å²) in [6, 6.07) is 0. The first-order chi connectivity index (χ1) is 10.0. The normalized spacial score (nSPS) is 21.1. The standard InChI is InChI=1S/C12H15F3N4O3/c1-11(2)8(12(13,14)15)3-4-19(11)9(20)6-18-5-7(10(21)22)16-17-18/h5,8H,3-4,6H2,1-2H3,(H,21,22). The molecule has 0 saturated carbocycles. The van der Waals surface area contributed by atoms with Crippen molar-refractivity contribution in [3.05, 3.63) is 11.9 Å². The fourth-order valence-corrected chi connectivity index (χ4v) is 2.80. The molecule has 122 valence electrons. The fourth-order valence-electron chi connectivity index (χ4n) is 2.80. The number of nitrogens with zero attached hydrogens (tertiary/aromatic N) is 4. The summed E-state index contributed by atoms with van der Waals surface area (Å²) in [7, 11) is 0. The topological polar surface area (TPSA) is 88.3 Å². The lowest BCUT2D eigenvalue weighted by Gasteiger charge is -2.36. The summed E-state index contributed by atoms with van der Waals surface area (Å²) in [5.41, 5.74) is -1.69. The maximum Gasteiger partial charge on any atom is 0.394 e. The smallest absolute Gasteiger partial charge is 0.394 e. The molecule has 1 aliphatic heterocycles. The van der Waals surface area contributed by atoms with Crippen LogP contribution in [0.25, 0.3) is 0 Å². The van der Waals surface area contributed by atoms with Gasteiger partial charge in [-0.2, -0.15) is 13.2 Å². The number of carboxylic acid groups (broad SMARTS) is 1. The highest BCUT2D eigenvalue weighted by atomic mass is 19.4. The van der Waals surface area contributed by atoms with Gasteiger partial charge in [0.1, 0.15) is 6.54 Å². The molecule has 2 rings (SSSR count). The first-order valence-electron chi connectivity index (χ1n) is 6.54. The van der Waals surface area contributed by atoms with Gasteiger partial charge in [0.05, 0.1) is 12.1 Å². The van der Waals surface area contributed by atoms with Crippen LogP contribution in [0, 0.1) is 5.92 Å². The number of carboxylic acids is 1. The highest BCUT2D eigenvalue weighted by Gasteiger charge is 2.56. The Balaban J connectivity index is 2.11. The summed E-state index contributed by atoms with van der Waals surface area (Å²) in [5.74, 6) is -3.44. The Morgan fingerprint density at radius 3 is 2.55 bits per heavy atom. The van der Waals surface area contributed by atoms with E-state index in [1.54, 1.807) is 0 Å². The summed E-state index contributed by atoms with van der Waals surface area (Å²) in [6.45, 7) is 2.39. The van der Waals surface area contributed by atoms with Crippen LogP contribution >= 0.6 is 0 Å². The molecule has 2 heterocycles. The largest absolute Gasteiger partial charge is 0.476 e. The number of alkyl halides is 3. The zero-order chi connectivity index (χ0) is 16.7. The lowest BCUT2D eigenvalue weighted by Crippen LogP contribution is -2.50. The SMILES string of the molecule is CC1(C)C(C(F)(F)F)CCN1C(=O)Cn1cc(C(=O)O)nn1. The third-order valence-electron chi connectivity index (χ3n) is 3.94. The summed E-state index contributed by atoms with van der Waals surface area (Å²) in [4.78, 5) is 24.0. The molecule has 1 aromatic rings. The average molecular weight is 320 g/mol. The van der Waals surface area contributed by atoms with Crippen LogP contribution in [0.1, 0.15) is 30.8 Å². The Hall–Kier alpha value is -2.13. The van der Waals surface area contributed by atoms with Gasteiger partial charge in [0.25, 0.3) is 0 Å². The lowest BCUT2D eigenvalue weighted by molar-refractivity contribution is -0.192. The van der Waals surface area contributed by atoms with Crippen LogP contribution in [0.3, 0.4) is 0 Å². The summed E-state index contributed by atoms with van der Waals surface area (Å²) >= 11 is 0. The van der Waals surface area contributed by atoms with E-state index in [4.69, 9.17) is 5.11 Å². The Bertz CT molecular complexity index is 597. The first-order valence-corrected chi connectivity index (χ1v) is 6.54. The molecule has 1 N–H and O–H groups in total. The number of hydrogen-bond donors (Lipinski definition) is 1. The van der Waals surface area contributed by atoms with Gasteiger partial charge in [-0.25, -0.2) is 9.48 Å². The molecule has 0 aliphatic carbocycles. The van der Waals surface area contributed by atoms with Crippen LogP contribution in [0.4, 0.5) is 13.2 Å². The third-order valence-corrected chi connectivity index (χ3v) is 3.94. The molecule has 0 spiro atoms. The number of carbonyl (C=O) groups is 2. The van der Waals surface area contributed by atoms with E-state index in [9.17, 15) is 22.8 Å². The minimum atomic E-state index is -4.37. The molecule has 0 bridgehead atoms. The van der Waals surface area contributed by atoms with E-state index >= 15 is 0 Å². The molecular formula is C12H15F3N4O3. The summed E-state index contributed by atoms with van der Waals surface area (Å²) in [5, 5.41) is 15.5.